The van der Waals surface area contributed by atoms with E-state index in [0.717, 1.165) is 36.0 Å². The van der Waals surface area contributed by atoms with Gasteiger partial charge in [0, 0.05) is 24.9 Å². The topological polar surface area (TPSA) is 159 Å². The summed E-state index contributed by atoms with van der Waals surface area (Å²) in [5, 5.41) is 17.3. The molecule has 1 aliphatic heterocycles. The average Bonchev–Trinajstić information content (AvgIpc) is 3.08. The first-order chi connectivity index (χ1) is 24.7. The second kappa shape index (κ2) is 16.4. The molecule has 0 saturated carbocycles. The van der Waals surface area contributed by atoms with Crippen molar-refractivity contribution in [3.8, 4) is 11.5 Å². The van der Waals surface area contributed by atoms with Crippen molar-refractivity contribution in [2.75, 3.05) is 13.7 Å². The van der Waals surface area contributed by atoms with Gasteiger partial charge >= 0.3 is 18.0 Å². The van der Waals surface area contributed by atoms with Gasteiger partial charge in [0.2, 0.25) is 5.91 Å². The molecule has 6 atom stereocenters. The first kappa shape index (κ1) is 38.6. The van der Waals surface area contributed by atoms with Crippen LogP contribution >= 0.6 is 0 Å². The van der Waals surface area contributed by atoms with Gasteiger partial charge in [-0.05, 0) is 88.5 Å². The van der Waals surface area contributed by atoms with Crippen LogP contribution in [-0.2, 0) is 47.9 Å². The Morgan fingerprint density at radius 2 is 1.85 bits per heavy atom. The third-order valence-electron chi connectivity index (χ3n) is 9.99. The van der Waals surface area contributed by atoms with Crippen molar-refractivity contribution in [2.24, 2.45) is 11.8 Å². The molecule has 0 fully saturated rings. The van der Waals surface area contributed by atoms with Crippen molar-refractivity contribution in [3.63, 3.8) is 0 Å². The molecule has 0 aromatic heterocycles. The van der Waals surface area contributed by atoms with Gasteiger partial charge in [-0.3, -0.25) is 9.59 Å². The SMILES string of the molecule is COc1ccc2c3c1O[C@@H]1C[C@@](O)(CC=C1OC(=O)[C@H](C)OC(=O)CCNC(=O)[C@H](Cc1ccccc1)NC(=O)OC(C)(C)C)[C@@H](C2)C(C)CCC3. The number of aliphatic hydroxyl groups is 1. The maximum atomic E-state index is 13.3. The van der Waals surface area contributed by atoms with E-state index in [1.807, 2.05) is 36.4 Å². The predicted molar refractivity (Wildman–Crippen MR) is 192 cm³/mol. The van der Waals surface area contributed by atoms with Gasteiger partial charge in [0.05, 0.1) is 19.1 Å². The zero-order valence-corrected chi connectivity index (χ0v) is 31.0. The van der Waals surface area contributed by atoms with E-state index in [1.165, 1.54) is 6.92 Å². The second-order valence-corrected chi connectivity index (χ2v) is 15.1. The molecule has 2 aliphatic carbocycles. The predicted octanol–water partition coefficient (Wildman–Crippen LogP) is 5.11. The molecule has 2 amide bonds. The number of esters is 2. The van der Waals surface area contributed by atoms with Gasteiger partial charge in [-0.25, -0.2) is 9.59 Å². The Balaban J connectivity index is 1.19. The largest absolute Gasteiger partial charge is 0.493 e. The minimum absolute atomic E-state index is 0.0208. The number of alkyl carbamates (subject to hydrolysis) is 1. The van der Waals surface area contributed by atoms with Gasteiger partial charge in [0.1, 0.15) is 17.4 Å². The number of hydrogen-bond acceptors (Lipinski definition) is 10. The van der Waals surface area contributed by atoms with Crippen LogP contribution < -0.4 is 20.1 Å². The van der Waals surface area contributed by atoms with Crippen LogP contribution in [0.2, 0.25) is 0 Å². The Hall–Kier alpha value is -4.58. The summed E-state index contributed by atoms with van der Waals surface area (Å²) in [4.78, 5) is 51.6. The van der Waals surface area contributed by atoms with Crippen LogP contribution in [0, 0.1) is 11.8 Å². The number of carbonyl (C=O) groups excluding carboxylic acids is 4. The smallest absolute Gasteiger partial charge is 0.408 e. The van der Waals surface area contributed by atoms with Gasteiger partial charge < -0.3 is 39.4 Å². The Kier molecular flexibility index (Phi) is 12.2. The first-order valence-electron chi connectivity index (χ1n) is 18.2. The summed E-state index contributed by atoms with van der Waals surface area (Å²) < 4.78 is 28.8. The summed E-state index contributed by atoms with van der Waals surface area (Å²) in [6, 6.07) is 12.2. The van der Waals surface area contributed by atoms with Crippen LogP contribution in [0.25, 0.3) is 0 Å². The number of hydrogen-bond donors (Lipinski definition) is 3. The van der Waals surface area contributed by atoms with Gasteiger partial charge in [-0.2, -0.15) is 0 Å². The Bertz CT molecular complexity index is 1650. The maximum absolute atomic E-state index is 13.3. The van der Waals surface area contributed by atoms with E-state index in [4.69, 9.17) is 23.7 Å². The number of nitrogens with one attached hydrogen (secondary N) is 2. The molecule has 3 N–H and O–H groups in total. The molecule has 0 saturated heterocycles. The van der Waals surface area contributed by atoms with Crippen LogP contribution in [0.3, 0.4) is 0 Å². The third-order valence-corrected chi connectivity index (χ3v) is 9.99. The highest BCUT2D eigenvalue weighted by molar-refractivity contribution is 5.86. The molecule has 12 nitrogen and oxygen atoms in total. The molecule has 1 unspecified atom stereocenters. The fourth-order valence-corrected chi connectivity index (χ4v) is 7.35. The monoisotopic (exact) mass is 720 g/mol. The van der Waals surface area contributed by atoms with E-state index in [1.54, 1.807) is 34.0 Å². The lowest BCUT2D eigenvalue weighted by atomic mass is 9.67. The Morgan fingerprint density at radius 1 is 1.10 bits per heavy atom. The number of amides is 2. The first-order valence-corrected chi connectivity index (χ1v) is 18.2. The lowest BCUT2D eigenvalue weighted by Gasteiger charge is -2.43. The number of fused-ring (bicyclic) bond motifs is 4. The van der Waals surface area contributed by atoms with Crippen LogP contribution in [0.4, 0.5) is 4.79 Å². The standard InChI is InChI=1S/C40H52N2O10/c1-24-11-10-14-28-27-15-16-32(48-6)35(28)50-33-23-40(47,29(24)22-27)19-17-31(33)51-37(45)25(2)49-34(43)18-20-41-36(44)30(21-26-12-8-7-9-13-26)42-38(46)52-39(3,4)5/h7-9,12-13,15-17,24-25,29-30,33,47H,10-11,14,18-23H2,1-6H3,(H,41,44)(H,42,46)/t24?,25-,29-,30-,33+,40-/m0/s1. The summed E-state index contributed by atoms with van der Waals surface area (Å²) in [5.41, 5.74) is 1.19. The lowest BCUT2D eigenvalue weighted by molar-refractivity contribution is -0.165. The Morgan fingerprint density at radius 3 is 2.56 bits per heavy atom. The Labute approximate surface area is 305 Å². The number of methoxy groups -OCH3 is 1. The quantitative estimate of drug-likeness (QED) is 0.210. The average molecular weight is 721 g/mol. The number of benzene rings is 2. The lowest BCUT2D eigenvalue weighted by Crippen LogP contribution is -2.49. The molecule has 6 bridgehead atoms. The molecule has 1 heterocycles. The minimum atomic E-state index is -1.26. The molecule has 2 aromatic rings. The van der Waals surface area contributed by atoms with Crippen LogP contribution in [0.15, 0.2) is 54.3 Å². The molecular weight excluding hydrogens is 668 g/mol. The minimum Gasteiger partial charge on any atom is -0.493 e. The second-order valence-electron chi connectivity index (χ2n) is 15.1. The van der Waals surface area contributed by atoms with Crippen molar-refractivity contribution in [1.82, 2.24) is 10.6 Å². The summed E-state index contributed by atoms with van der Waals surface area (Å²) in [6.07, 6.45) is 2.88. The van der Waals surface area contributed by atoms with Crippen LogP contribution in [0.5, 0.6) is 11.5 Å². The summed E-state index contributed by atoms with van der Waals surface area (Å²) >= 11 is 0. The molecule has 0 radical (unpaired) electrons. The zero-order chi connectivity index (χ0) is 37.6. The summed E-state index contributed by atoms with van der Waals surface area (Å²) in [7, 11) is 1.58. The van der Waals surface area contributed by atoms with Crippen molar-refractivity contribution in [2.45, 2.75) is 115 Å². The summed E-state index contributed by atoms with van der Waals surface area (Å²) in [5.74, 6) is -0.349. The van der Waals surface area contributed by atoms with Gasteiger partial charge in [-0.15, -0.1) is 0 Å². The van der Waals surface area contributed by atoms with Gasteiger partial charge in [0.15, 0.2) is 23.7 Å². The maximum Gasteiger partial charge on any atom is 0.408 e. The van der Waals surface area contributed by atoms with Gasteiger partial charge in [0.25, 0.3) is 0 Å². The highest BCUT2D eigenvalue weighted by Gasteiger charge is 2.48. The molecule has 5 rings (SSSR count). The van der Waals surface area contributed by atoms with E-state index in [0.29, 0.717) is 17.9 Å². The molecule has 2 aromatic carbocycles. The highest BCUT2D eigenvalue weighted by atomic mass is 16.6. The van der Waals surface area contributed by atoms with E-state index in [9.17, 15) is 24.3 Å². The number of ether oxygens (including phenoxy) is 5. The molecule has 282 valence electrons. The summed E-state index contributed by atoms with van der Waals surface area (Å²) in [6.45, 7) is 8.68. The van der Waals surface area contributed by atoms with Crippen LogP contribution in [0.1, 0.15) is 83.4 Å². The fourth-order valence-electron chi connectivity index (χ4n) is 7.35. The number of carbonyl (C=O) groups is 4. The van der Waals surface area contributed by atoms with E-state index in [-0.39, 0.29) is 49.8 Å². The zero-order valence-electron chi connectivity index (χ0n) is 31.0. The third kappa shape index (κ3) is 9.64. The van der Waals surface area contributed by atoms with Crippen molar-refractivity contribution in [3.05, 3.63) is 71.0 Å². The van der Waals surface area contributed by atoms with Crippen molar-refractivity contribution >= 4 is 23.9 Å². The van der Waals surface area contributed by atoms with Gasteiger partial charge in [-0.1, -0.05) is 49.7 Å². The normalized spacial score (nSPS) is 23.4. The molecular formula is C40H52N2O10. The molecule has 0 spiro atoms. The van der Waals surface area contributed by atoms with E-state index < -0.39 is 53.4 Å². The fraction of sp³-hybridized carbons (Fsp3) is 0.550. The molecule has 3 aliphatic rings. The molecule has 12 heteroatoms. The van der Waals surface area contributed by atoms with Crippen molar-refractivity contribution < 1.29 is 48.0 Å². The number of rotatable bonds is 11. The van der Waals surface area contributed by atoms with Crippen LogP contribution in [-0.4, -0.2) is 72.2 Å². The van der Waals surface area contributed by atoms with E-state index in [2.05, 4.69) is 23.6 Å². The van der Waals surface area contributed by atoms with E-state index >= 15 is 0 Å². The highest BCUT2D eigenvalue weighted by Crippen LogP contribution is 2.48. The molecule has 52 heavy (non-hydrogen) atoms. The van der Waals surface area contributed by atoms with Crippen molar-refractivity contribution in [1.29, 1.82) is 0 Å².